The van der Waals surface area contributed by atoms with Crippen LogP contribution in [-0.2, 0) is 10.0 Å². The van der Waals surface area contributed by atoms with Crippen molar-refractivity contribution in [3.05, 3.63) is 63.6 Å². The summed E-state index contributed by atoms with van der Waals surface area (Å²) in [6.45, 7) is 4.50. The van der Waals surface area contributed by atoms with Gasteiger partial charge in [-0.3, -0.25) is 9.59 Å². The van der Waals surface area contributed by atoms with Crippen LogP contribution in [0.5, 0.6) is 0 Å². The van der Waals surface area contributed by atoms with Gasteiger partial charge in [-0.2, -0.15) is 4.31 Å². The number of hydrogen-bond acceptors (Lipinski definition) is 4. The molecule has 172 valence electrons. The third kappa shape index (κ3) is 5.17. The van der Waals surface area contributed by atoms with E-state index in [-0.39, 0.29) is 28.5 Å². The Balaban J connectivity index is 1.64. The van der Waals surface area contributed by atoms with Gasteiger partial charge in [0.25, 0.3) is 5.91 Å². The Morgan fingerprint density at radius 2 is 1.53 bits per heavy atom. The number of benzene rings is 2. The van der Waals surface area contributed by atoms with Gasteiger partial charge in [-0.1, -0.05) is 23.2 Å². The minimum Gasteiger partial charge on any atom is -0.339 e. The van der Waals surface area contributed by atoms with Crippen LogP contribution >= 0.6 is 23.2 Å². The highest BCUT2D eigenvalue weighted by Crippen LogP contribution is 2.27. The molecule has 32 heavy (non-hydrogen) atoms. The predicted octanol–water partition coefficient (Wildman–Crippen LogP) is 4.76. The second-order valence-electron chi connectivity index (χ2n) is 8.20. The van der Waals surface area contributed by atoms with Crippen molar-refractivity contribution in [2.75, 3.05) is 20.1 Å². The second-order valence-corrected chi connectivity index (χ2v) is 11.0. The van der Waals surface area contributed by atoms with Crippen LogP contribution in [0.4, 0.5) is 0 Å². The summed E-state index contributed by atoms with van der Waals surface area (Å²) < 4.78 is 26.5. The lowest BCUT2D eigenvalue weighted by Gasteiger charge is -2.31. The molecule has 0 aromatic heterocycles. The molecule has 1 fully saturated rings. The zero-order valence-corrected chi connectivity index (χ0v) is 20.5. The summed E-state index contributed by atoms with van der Waals surface area (Å²) in [6.07, 6.45) is 1.10. The molecule has 1 amide bonds. The minimum absolute atomic E-state index is 0.000465. The van der Waals surface area contributed by atoms with Crippen molar-refractivity contribution >= 4 is 44.9 Å². The highest BCUT2D eigenvalue weighted by Gasteiger charge is 2.29. The Kier molecular flexibility index (Phi) is 7.65. The normalized spacial score (nSPS) is 15.4. The third-order valence-electron chi connectivity index (χ3n) is 5.86. The lowest BCUT2D eigenvalue weighted by atomic mass is 9.88. The first kappa shape index (κ1) is 24.7. The largest absolute Gasteiger partial charge is 0.339 e. The number of amides is 1. The van der Waals surface area contributed by atoms with Crippen molar-refractivity contribution in [1.82, 2.24) is 9.21 Å². The minimum atomic E-state index is -3.60. The van der Waals surface area contributed by atoms with Crippen molar-refractivity contribution in [2.45, 2.75) is 37.6 Å². The van der Waals surface area contributed by atoms with Gasteiger partial charge in [0.15, 0.2) is 5.78 Å². The average Bonchev–Trinajstić information content (AvgIpc) is 2.79. The van der Waals surface area contributed by atoms with Gasteiger partial charge in [0.1, 0.15) is 0 Å². The monoisotopic (exact) mass is 496 g/mol. The topological polar surface area (TPSA) is 74.8 Å². The average molecular weight is 497 g/mol. The van der Waals surface area contributed by atoms with Crippen LogP contribution in [0, 0.1) is 5.92 Å². The van der Waals surface area contributed by atoms with Gasteiger partial charge in [-0.15, -0.1) is 0 Å². The molecular weight excluding hydrogens is 471 g/mol. The molecule has 0 N–H and O–H groups in total. The molecule has 0 unspecified atom stereocenters. The van der Waals surface area contributed by atoms with Crippen molar-refractivity contribution in [3.8, 4) is 0 Å². The van der Waals surface area contributed by atoms with Crippen LogP contribution in [0.25, 0.3) is 0 Å². The standard InChI is InChI=1S/C23H26Cl2N2O4S/c1-15(2)26(3)32(30,31)19-7-4-17(5-8-19)23(29)27-12-10-16(11-13-27)22(28)18-6-9-20(24)21(25)14-18/h4-9,14-16H,10-13H2,1-3H3. The van der Waals surface area contributed by atoms with Gasteiger partial charge < -0.3 is 4.90 Å². The summed E-state index contributed by atoms with van der Waals surface area (Å²) >= 11 is 11.9. The van der Waals surface area contributed by atoms with Gasteiger partial charge in [-0.05, 0) is 69.2 Å². The number of sulfonamides is 1. The van der Waals surface area contributed by atoms with Crippen molar-refractivity contribution < 1.29 is 18.0 Å². The van der Waals surface area contributed by atoms with E-state index in [2.05, 4.69) is 0 Å². The Labute approximate surface area is 199 Å². The smallest absolute Gasteiger partial charge is 0.253 e. The number of Topliss-reactive ketones (excluding diaryl/α,β-unsaturated/α-hetero) is 1. The predicted molar refractivity (Wildman–Crippen MR) is 126 cm³/mol. The van der Waals surface area contributed by atoms with Crippen LogP contribution in [-0.4, -0.2) is 55.5 Å². The van der Waals surface area contributed by atoms with E-state index in [1.165, 1.54) is 35.6 Å². The maximum Gasteiger partial charge on any atom is 0.253 e. The number of likely N-dealkylation sites (tertiary alicyclic amines) is 1. The Bertz CT molecular complexity index is 1110. The SMILES string of the molecule is CC(C)N(C)S(=O)(=O)c1ccc(C(=O)N2CCC(C(=O)c3ccc(Cl)c(Cl)c3)CC2)cc1. The number of ketones is 1. The first-order chi connectivity index (χ1) is 15.0. The molecule has 0 atom stereocenters. The summed E-state index contributed by atoms with van der Waals surface area (Å²) in [6, 6.07) is 10.7. The molecule has 1 aliphatic heterocycles. The molecule has 0 spiro atoms. The fourth-order valence-corrected chi connectivity index (χ4v) is 5.29. The molecule has 9 heteroatoms. The van der Waals surface area contributed by atoms with Gasteiger partial charge in [0, 0.05) is 43.2 Å². The zero-order valence-electron chi connectivity index (χ0n) is 18.2. The number of nitrogens with zero attached hydrogens (tertiary/aromatic N) is 2. The lowest BCUT2D eigenvalue weighted by Crippen LogP contribution is -2.40. The summed E-state index contributed by atoms with van der Waals surface area (Å²) in [5, 5.41) is 0.744. The lowest BCUT2D eigenvalue weighted by molar-refractivity contribution is 0.0650. The second kappa shape index (κ2) is 9.91. The van der Waals surface area contributed by atoms with Crippen LogP contribution in [0.3, 0.4) is 0 Å². The number of rotatable bonds is 6. The first-order valence-corrected chi connectivity index (χ1v) is 12.6. The maximum atomic E-state index is 12.9. The summed E-state index contributed by atoms with van der Waals surface area (Å²) in [5.74, 6) is -0.360. The highest BCUT2D eigenvalue weighted by atomic mass is 35.5. The number of carbonyl (C=O) groups is 2. The van der Waals surface area contributed by atoms with E-state index in [9.17, 15) is 18.0 Å². The Morgan fingerprint density at radius 1 is 0.969 bits per heavy atom. The van der Waals surface area contributed by atoms with Crippen LogP contribution in [0.15, 0.2) is 47.4 Å². The van der Waals surface area contributed by atoms with Crippen LogP contribution in [0.2, 0.25) is 10.0 Å². The first-order valence-electron chi connectivity index (χ1n) is 10.4. The Morgan fingerprint density at radius 3 is 2.06 bits per heavy atom. The van der Waals surface area contributed by atoms with E-state index in [1.807, 2.05) is 0 Å². The van der Waals surface area contributed by atoms with Gasteiger partial charge in [0.05, 0.1) is 14.9 Å². The number of halogens is 2. The Hall–Kier alpha value is -1.93. The van der Waals surface area contributed by atoms with Gasteiger partial charge in [0.2, 0.25) is 10.0 Å². The van der Waals surface area contributed by atoms with Crippen LogP contribution in [0.1, 0.15) is 47.4 Å². The molecule has 1 saturated heterocycles. The van der Waals surface area contributed by atoms with Gasteiger partial charge in [-0.25, -0.2) is 8.42 Å². The highest BCUT2D eigenvalue weighted by molar-refractivity contribution is 7.89. The van der Waals surface area contributed by atoms with E-state index < -0.39 is 10.0 Å². The van der Waals surface area contributed by atoms with E-state index in [0.717, 1.165) is 0 Å². The molecule has 2 aromatic rings. The summed E-state index contributed by atoms with van der Waals surface area (Å²) in [4.78, 5) is 27.5. The quantitative estimate of drug-likeness (QED) is 0.540. The molecule has 2 aromatic carbocycles. The zero-order chi connectivity index (χ0) is 23.6. The molecule has 1 aliphatic rings. The molecule has 0 radical (unpaired) electrons. The maximum absolute atomic E-state index is 12.9. The molecular formula is C23H26Cl2N2O4S. The van der Waals surface area contributed by atoms with Crippen molar-refractivity contribution in [1.29, 1.82) is 0 Å². The van der Waals surface area contributed by atoms with E-state index in [4.69, 9.17) is 23.2 Å². The van der Waals surface area contributed by atoms with Crippen molar-refractivity contribution in [3.63, 3.8) is 0 Å². The third-order valence-corrected chi connectivity index (χ3v) is 8.65. The van der Waals surface area contributed by atoms with Crippen LogP contribution < -0.4 is 0 Å². The molecule has 0 aliphatic carbocycles. The number of hydrogen-bond donors (Lipinski definition) is 0. The number of piperidine rings is 1. The molecule has 0 bridgehead atoms. The van der Waals surface area contributed by atoms with Crippen molar-refractivity contribution in [2.24, 2.45) is 5.92 Å². The fourth-order valence-electron chi connectivity index (χ4n) is 3.63. The number of carbonyl (C=O) groups excluding carboxylic acids is 2. The van der Waals surface area contributed by atoms with E-state index in [1.54, 1.807) is 36.9 Å². The molecule has 1 heterocycles. The van der Waals surface area contributed by atoms with Gasteiger partial charge >= 0.3 is 0 Å². The summed E-state index contributed by atoms with van der Waals surface area (Å²) in [5.41, 5.74) is 0.942. The summed E-state index contributed by atoms with van der Waals surface area (Å²) in [7, 11) is -2.07. The fraction of sp³-hybridized carbons (Fsp3) is 0.391. The molecule has 3 rings (SSSR count). The molecule has 0 saturated carbocycles. The van der Waals surface area contributed by atoms with E-state index in [0.29, 0.717) is 47.1 Å². The van der Waals surface area contributed by atoms with E-state index >= 15 is 0 Å². The molecule has 6 nitrogen and oxygen atoms in total.